The Labute approximate surface area is 144 Å². The fraction of sp³-hybridized carbons (Fsp3) is 0.500. The van der Waals surface area contributed by atoms with E-state index < -0.39 is 11.9 Å². The molecule has 0 fully saturated rings. The van der Waals surface area contributed by atoms with Gasteiger partial charge in [-0.15, -0.1) is 0 Å². The Kier molecular flexibility index (Phi) is 10.3. The molecule has 4 nitrogen and oxygen atoms in total. The highest BCUT2D eigenvalue weighted by Gasteiger charge is 2.16. The second-order valence-corrected chi connectivity index (χ2v) is 5.80. The summed E-state index contributed by atoms with van der Waals surface area (Å²) in [6, 6.07) is 6.13. The van der Waals surface area contributed by atoms with Crippen LogP contribution in [0, 0.1) is 0 Å². The Hall–Kier alpha value is -2.10. The number of carboxylic acid groups (broad SMARTS) is 1. The van der Waals surface area contributed by atoms with Gasteiger partial charge in [-0.05, 0) is 37.8 Å². The summed E-state index contributed by atoms with van der Waals surface area (Å²) in [5.74, 6) is -1.68. The molecule has 4 heteroatoms. The Balaban J connectivity index is 2.13. The quantitative estimate of drug-likeness (QED) is 0.323. The summed E-state index contributed by atoms with van der Waals surface area (Å²) in [4.78, 5) is 23.0. The van der Waals surface area contributed by atoms with Crippen molar-refractivity contribution in [3.8, 4) is 0 Å². The maximum Gasteiger partial charge on any atom is 0.339 e. The standard InChI is InChI=1S/C20H28O4/c1-2-3-4-5-6-7-8-9-10-13-16-24-20(23)18-15-12-11-14-17(18)19(21)22/h4-5,11-12,14-15H,2-3,6-10,13,16H2,1H3,(H,21,22)/b5-4+. The summed E-state index contributed by atoms with van der Waals surface area (Å²) in [6.45, 7) is 2.51. The molecule has 0 spiro atoms. The van der Waals surface area contributed by atoms with E-state index in [0.29, 0.717) is 6.61 Å². The molecule has 1 aromatic carbocycles. The van der Waals surface area contributed by atoms with E-state index in [4.69, 9.17) is 9.84 Å². The third-order valence-corrected chi connectivity index (χ3v) is 3.75. The van der Waals surface area contributed by atoms with Gasteiger partial charge >= 0.3 is 11.9 Å². The third kappa shape index (κ3) is 7.95. The fourth-order valence-corrected chi connectivity index (χ4v) is 2.39. The Bertz CT molecular complexity index is 534. The first kappa shape index (κ1) is 19.9. The SMILES string of the molecule is CCC/C=C/CCCCCCCOC(=O)c1ccccc1C(=O)O. The number of carboxylic acids is 1. The summed E-state index contributed by atoms with van der Waals surface area (Å²) < 4.78 is 5.18. The lowest BCUT2D eigenvalue weighted by molar-refractivity contribution is 0.0487. The van der Waals surface area contributed by atoms with Gasteiger partial charge < -0.3 is 9.84 Å². The van der Waals surface area contributed by atoms with Crippen molar-refractivity contribution in [2.24, 2.45) is 0 Å². The third-order valence-electron chi connectivity index (χ3n) is 3.75. The zero-order chi connectivity index (χ0) is 17.6. The number of benzene rings is 1. The lowest BCUT2D eigenvalue weighted by atomic mass is 10.1. The molecule has 0 saturated heterocycles. The van der Waals surface area contributed by atoms with Gasteiger partial charge in [0.15, 0.2) is 0 Å². The molecule has 1 aromatic rings. The smallest absolute Gasteiger partial charge is 0.339 e. The van der Waals surface area contributed by atoms with Gasteiger partial charge in [-0.2, -0.15) is 0 Å². The Morgan fingerprint density at radius 2 is 1.58 bits per heavy atom. The average molecular weight is 332 g/mol. The van der Waals surface area contributed by atoms with Gasteiger partial charge in [-0.25, -0.2) is 9.59 Å². The van der Waals surface area contributed by atoms with E-state index in [-0.39, 0.29) is 11.1 Å². The number of allylic oxidation sites excluding steroid dienone is 2. The normalized spacial score (nSPS) is 10.9. The van der Waals surface area contributed by atoms with Crippen molar-refractivity contribution in [1.29, 1.82) is 0 Å². The lowest BCUT2D eigenvalue weighted by Crippen LogP contribution is -2.12. The summed E-state index contributed by atoms with van der Waals surface area (Å²) in [5, 5.41) is 9.06. The lowest BCUT2D eigenvalue weighted by Gasteiger charge is -2.07. The molecule has 0 unspecified atom stereocenters. The van der Waals surface area contributed by atoms with Crippen LogP contribution in [-0.4, -0.2) is 23.7 Å². The van der Waals surface area contributed by atoms with Crippen LogP contribution in [0.5, 0.6) is 0 Å². The molecule has 24 heavy (non-hydrogen) atoms. The summed E-state index contributed by atoms with van der Waals surface area (Å²) >= 11 is 0. The maximum absolute atomic E-state index is 11.9. The van der Waals surface area contributed by atoms with Crippen LogP contribution >= 0.6 is 0 Å². The highest BCUT2D eigenvalue weighted by Crippen LogP contribution is 2.11. The van der Waals surface area contributed by atoms with Crippen molar-refractivity contribution >= 4 is 11.9 Å². The molecule has 0 aliphatic carbocycles. The van der Waals surface area contributed by atoms with Crippen LogP contribution in [0.25, 0.3) is 0 Å². The predicted molar refractivity (Wildman–Crippen MR) is 95.4 cm³/mol. The second-order valence-electron chi connectivity index (χ2n) is 5.80. The highest BCUT2D eigenvalue weighted by molar-refractivity contribution is 6.02. The van der Waals surface area contributed by atoms with E-state index in [1.807, 2.05) is 0 Å². The molecular formula is C20H28O4. The predicted octanol–water partition coefficient (Wildman–Crippen LogP) is 5.24. The minimum absolute atomic E-state index is 0.0152. The first-order valence-corrected chi connectivity index (χ1v) is 8.81. The number of esters is 1. The van der Waals surface area contributed by atoms with Gasteiger partial charge in [-0.1, -0.05) is 56.9 Å². The molecule has 0 amide bonds. The van der Waals surface area contributed by atoms with Crippen molar-refractivity contribution in [2.75, 3.05) is 6.61 Å². The number of rotatable bonds is 12. The van der Waals surface area contributed by atoms with Crippen molar-refractivity contribution in [2.45, 2.75) is 58.3 Å². The van der Waals surface area contributed by atoms with Crippen LogP contribution in [0.1, 0.15) is 79.0 Å². The molecule has 0 aromatic heterocycles. The minimum atomic E-state index is -1.12. The molecule has 0 aliphatic rings. The van der Waals surface area contributed by atoms with Gasteiger partial charge in [0.25, 0.3) is 0 Å². The number of aromatic carboxylic acids is 1. The van der Waals surface area contributed by atoms with Gasteiger partial charge in [0.05, 0.1) is 17.7 Å². The van der Waals surface area contributed by atoms with Crippen molar-refractivity contribution in [1.82, 2.24) is 0 Å². The zero-order valence-electron chi connectivity index (χ0n) is 14.5. The molecule has 1 N–H and O–H groups in total. The highest BCUT2D eigenvalue weighted by atomic mass is 16.5. The van der Waals surface area contributed by atoms with Crippen molar-refractivity contribution in [3.63, 3.8) is 0 Å². The van der Waals surface area contributed by atoms with E-state index in [9.17, 15) is 9.59 Å². The Morgan fingerprint density at radius 3 is 2.29 bits per heavy atom. The fourth-order valence-electron chi connectivity index (χ4n) is 2.39. The molecule has 132 valence electrons. The van der Waals surface area contributed by atoms with Crippen molar-refractivity contribution < 1.29 is 19.4 Å². The van der Waals surface area contributed by atoms with Gasteiger partial charge in [0, 0.05) is 0 Å². The van der Waals surface area contributed by atoms with Gasteiger partial charge in [0.1, 0.15) is 0 Å². The first-order valence-electron chi connectivity index (χ1n) is 8.81. The number of hydrogen-bond donors (Lipinski definition) is 1. The monoisotopic (exact) mass is 332 g/mol. The zero-order valence-corrected chi connectivity index (χ0v) is 14.5. The number of carbonyl (C=O) groups is 2. The molecule has 0 bridgehead atoms. The summed E-state index contributed by atoms with van der Waals surface area (Å²) in [6.07, 6.45) is 13.4. The first-order chi connectivity index (χ1) is 11.7. The van der Waals surface area contributed by atoms with Gasteiger partial charge in [0.2, 0.25) is 0 Å². The number of unbranched alkanes of at least 4 members (excludes halogenated alkanes) is 6. The van der Waals surface area contributed by atoms with E-state index in [1.165, 1.54) is 31.4 Å². The van der Waals surface area contributed by atoms with Crippen LogP contribution in [0.4, 0.5) is 0 Å². The topological polar surface area (TPSA) is 63.6 Å². The van der Waals surface area contributed by atoms with Crippen LogP contribution in [0.15, 0.2) is 36.4 Å². The van der Waals surface area contributed by atoms with Crippen LogP contribution < -0.4 is 0 Å². The van der Waals surface area contributed by atoms with E-state index in [0.717, 1.165) is 32.1 Å². The second kappa shape index (κ2) is 12.3. The minimum Gasteiger partial charge on any atom is -0.478 e. The Morgan fingerprint density at radius 1 is 0.958 bits per heavy atom. The molecule has 0 heterocycles. The largest absolute Gasteiger partial charge is 0.478 e. The molecule has 0 aliphatic heterocycles. The molecule has 0 saturated carbocycles. The average Bonchev–Trinajstić information content (AvgIpc) is 2.59. The van der Waals surface area contributed by atoms with Gasteiger partial charge in [-0.3, -0.25) is 0 Å². The van der Waals surface area contributed by atoms with E-state index in [1.54, 1.807) is 12.1 Å². The molecule has 0 atom stereocenters. The molecular weight excluding hydrogens is 304 g/mol. The van der Waals surface area contributed by atoms with Crippen LogP contribution in [-0.2, 0) is 4.74 Å². The number of hydrogen-bond acceptors (Lipinski definition) is 3. The van der Waals surface area contributed by atoms with E-state index in [2.05, 4.69) is 19.1 Å². The van der Waals surface area contributed by atoms with E-state index >= 15 is 0 Å². The molecule has 1 rings (SSSR count). The summed E-state index contributed by atoms with van der Waals surface area (Å²) in [5.41, 5.74) is 0.0995. The molecule has 0 radical (unpaired) electrons. The van der Waals surface area contributed by atoms with Crippen LogP contribution in [0.3, 0.4) is 0 Å². The van der Waals surface area contributed by atoms with Crippen LogP contribution in [0.2, 0.25) is 0 Å². The maximum atomic E-state index is 11.9. The number of ether oxygens (including phenoxy) is 1. The van der Waals surface area contributed by atoms with Crippen molar-refractivity contribution in [3.05, 3.63) is 47.5 Å². The number of carbonyl (C=O) groups excluding carboxylic acids is 1. The summed E-state index contributed by atoms with van der Waals surface area (Å²) in [7, 11) is 0.